The molecule has 2 rings (SSSR count). The predicted molar refractivity (Wildman–Crippen MR) is 76.8 cm³/mol. The van der Waals surface area contributed by atoms with Gasteiger partial charge in [0.1, 0.15) is 0 Å². The summed E-state index contributed by atoms with van der Waals surface area (Å²) in [6.07, 6.45) is 4.61. The third-order valence-corrected chi connectivity index (χ3v) is 5.52. The van der Waals surface area contributed by atoms with Crippen LogP contribution >= 0.6 is 24.0 Å². The van der Waals surface area contributed by atoms with Crippen molar-refractivity contribution in [3.8, 4) is 0 Å². The first kappa shape index (κ1) is 13.1. The first-order valence-electron chi connectivity index (χ1n) is 6.21. The lowest BCUT2D eigenvalue weighted by Crippen LogP contribution is -2.47. The van der Waals surface area contributed by atoms with Crippen LogP contribution in [0.5, 0.6) is 0 Å². The Morgan fingerprint density at radius 3 is 3.06 bits per heavy atom. The molecule has 0 aromatic rings. The SMILES string of the molecule is CC(=S)CCCC[C@@H]1SC[C@]2(C)NC(=O)N[C@H]12. The molecule has 2 aliphatic rings. The van der Waals surface area contributed by atoms with E-state index in [4.69, 9.17) is 12.2 Å². The van der Waals surface area contributed by atoms with Gasteiger partial charge in [-0.25, -0.2) is 4.79 Å². The van der Waals surface area contributed by atoms with E-state index >= 15 is 0 Å². The summed E-state index contributed by atoms with van der Waals surface area (Å²) in [4.78, 5) is 12.5. The van der Waals surface area contributed by atoms with E-state index in [9.17, 15) is 4.79 Å². The van der Waals surface area contributed by atoms with Crippen LogP contribution in [0.3, 0.4) is 0 Å². The second-order valence-corrected chi connectivity index (χ2v) is 7.22. The molecular weight excluding hydrogens is 252 g/mol. The lowest BCUT2D eigenvalue weighted by Gasteiger charge is -2.23. The number of rotatable bonds is 5. The van der Waals surface area contributed by atoms with Crippen LogP contribution in [0.1, 0.15) is 39.5 Å². The lowest BCUT2D eigenvalue weighted by molar-refractivity contribution is 0.246. The van der Waals surface area contributed by atoms with E-state index in [1.807, 2.05) is 18.7 Å². The lowest BCUT2D eigenvalue weighted by atomic mass is 9.92. The highest BCUT2D eigenvalue weighted by Crippen LogP contribution is 2.39. The minimum Gasteiger partial charge on any atom is -0.332 e. The van der Waals surface area contributed by atoms with Gasteiger partial charge in [0.25, 0.3) is 0 Å². The molecule has 2 N–H and O–H groups in total. The number of fused-ring (bicyclic) bond motifs is 1. The summed E-state index contributed by atoms with van der Waals surface area (Å²) in [5, 5.41) is 6.66. The Balaban J connectivity index is 1.79. The summed E-state index contributed by atoms with van der Waals surface area (Å²) in [6.45, 7) is 4.15. The zero-order valence-electron chi connectivity index (χ0n) is 10.4. The first-order chi connectivity index (χ1) is 8.01. The summed E-state index contributed by atoms with van der Waals surface area (Å²) in [5.74, 6) is 1.02. The summed E-state index contributed by atoms with van der Waals surface area (Å²) in [5.41, 5.74) is -0.0352. The Morgan fingerprint density at radius 2 is 2.35 bits per heavy atom. The molecule has 0 spiro atoms. The highest BCUT2D eigenvalue weighted by Gasteiger charge is 2.51. The van der Waals surface area contributed by atoms with Gasteiger partial charge in [0.2, 0.25) is 0 Å². The topological polar surface area (TPSA) is 41.1 Å². The number of unbranched alkanes of at least 4 members (excludes halogenated alkanes) is 1. The summed E-state index contributed by atoms with van der Waals surface area (Å²) < 4.78 is 0. The molecule has 2 fully saturated rings. The fraction of sp³-hybridized carbons (Fsp3) is 0.833. The molecule has 0 saturated carbocycles. The van der Waals surface area contributed by atoms with Crippen molar-refractivity contribution in [1.82, 2.24) is 10.6 Å². The van der Waals surface area contributed by atoms with Crippen LogP contribution < -0.4 is 10.6 Å². The molecule has 0 aromatic carbocycles. The van der Waals surface area contributed by atoms with Gasteiger partial charge in [0.15, 0.2) is 0 Å². The molecule has 96 valence electrons. The number of thiocarbonyl (C=S) groups is 1. The Hall–Kier alpha value is -0.290. The standard InChI is InChI=1S/C12H20N2OS2/c1-8(16)5-3-4-6-9-10-12(2,7-17-9)14-11(15)13-10/h9-10H,3-7H2,1-2H3,(H2,13,14,15)/t9-,10+,12-/m0/s1. The molecule has 2 saturated heterocycles. The second kappa shape index (κ2) is 5.14. The van der Waals surface area contributed by atoms with Gasteiger partial charge in [0.05, 0.1) is 11.6 Å². The number of urea groups is 1. The third-order valence-electron chi connectivity index (χ3n) is 3.61. The molecule has 5 heteroatoms. The third kappa shape index (κ3) is 2.94. The largest absolute Gasteiger partial charge is 0.332 e. The minimum absolute atomic E-state index is 0.00228. The van der Waals surface area contributed by atoms with Crippen LogP contribution in [-0.2, 0) is 0 Å². The monoisotopic (exact) mass is 272 g/mol. The van der Waals surface area contributed by atoms with Crippen molar-refractivity contribution < 1.29 is 4.79 Å². The van der Waals surface area contributed by atoms with Crippen molar-refractivity contribution in [2.45, 2.75) is 56.4 Å². The van der Waals surface area contributed by atoms with Gasteiger partial charge < -0.3 is 10.6 Å². The van der Waals surface area contributed by atoms with E-state index in [0.717, 1.165) is 17.0 Å². The average Bonchev–Trinajstić information content (AvgIpc) is 2.66. The maximum Gasteiger partial charge on any atom is 0.315 e. The molecule has 0 aliphatic carbocycles. The van der Waals surface area contributed by atoms with Crippen molar-refractivity contribution in [1.29, 1.82) is 0 Å². The predicted octanol–water partition coefficient (Wildman–Crippen LogP) is 2.49. The van der Waals surface area contributed by atoms with Gasteiger partial charge in [-0.3, -0.25) is 0 Å². The maximum atomic E-state index is 11.4. The molecule has 0 aromatic heterocycles. The number of hydrogen-bond acceptors (Lipinski definition) is 3. The Kier molecular flexibility index (Phi) is 3.98. The van der Waals surface area contributed by atoms with Crippen molar-refractivity contribution in [2.24, 2.45) is 0 Å². The van der Waals surface area contributed by atoms with Crippen molar-refractivity contribution >= 4 is 34.9 Å². The van der Waals surface area contributed by atoms with Crippen molar-refractivity contribution in [2.75, 3.05) is 5.75 Å². The zero-order chi connectivity index (χ0) is 12.5. The van der Waals surface area contributed by atoms with E-state index in [1.54, 1.807) is 0 Å². The number of carbonyl (C=O) groups is 1. The number of nitrogens with one attached hydrogen (secondary N) is 2. The number of amides is 2. The van der Waals surface area contributed by atoms with Crippen LogP contribution in [0, 0.1) is 0 Å². The molecule has 3 nitrogen and oxygen atoms in total. The summed E-state index contributed by atoms with van der Waals surface area (Å²) in [7, 11) is 0. The Labute approximate surface area is 112 Å². The molecule has 0 radical (unpaired) electrons. The van der Waals surface area contributed by atoms with Gasteiger partial charge in [-0.05, 0) is 38.0 Å². The van der Waals surface area contributed by atoms with Gasteiger partial charge in [-0.15, -0.1) is 0 Å². The fourth-order valence-electron chi connectivity index (χ4n) is 2.65. The van der Waals surface area contributed by atoms with Crippen LogP contribution in [0.2, 0.25) is 0 Å². The van der Waals surface area contributed by atoms with Crippen LogP contribution in [0.25, 0.3) is 0 Å². The fourth-order valence-corrected chi connectivity index (χ4v) is 4.50. The molecule has 2 aliphatic heterocycles. The van der Waals surface area contributed by atoms with Crippen molar-refractivity contribution in [3.05, 3.63) is 0 Å². The first-order valence-corrected chi connectivity index (χ1v) is 7.67. The quantitative estimate of drug-likeness (QED) is 0.459. The molecule has 17 heavy (non-hydrogen) atoms. The van der Waals surface area contributed by atoms with E-state index in [1.165, 1.54) is 19.3 Å². The van der Waals surface area contributed by atoms with E-state index in [-0.39, 0.29) is 11.6 Å². The molecule has 2 amide bonds. The maximum absolute atomic E-state index is 11.4. The molecule has 0 bridgehead atoms. The van der Waals surface area contributed by atoms with Gasteiger partial charge in [-0.1, -0.05) is 18.6 Å². The zero-order valence-corrected chi connectivity index (χ0v) is 12.0. The Bertz CT molecular complexity index is 334. The van der Waals surface area contributed by atoms with Gasteiger partial charge in [-0.2, -0.15) is 11.8 Å². The Morgan fingerprint density at radius 1 is 1.59 bits per heavy atom. The van der Waals surface area contributed by atoms with Gasteiger partial charge in [0, 0.05) is 11.0 Å². The smallest absolute Gasteiger partial charge is 0.315 e. The molecular formula is C12H20N2OS2. The molecule has 0 unspecified atom stereocenters. The highest BCUT2D eigenvalue weighted by atomic mass is 32.2. The summed E-state index contributed by atoms with van der Waals surface area (Å²) >= 11 is 7.06. The van der Waals surface area contributed by atoms with E-state index < -0.39 is 0 Å². The average molecular weight is 272 g/mol. The highest BCUT2D eigenvalue weighted by molar-refractivity contribution is 8.00. The molecule has 3 atom stereocenters. The van der Waals surface area contributed by atoms with E-state index in [0.29, 0.717) is 11.3 Å². The van der Waals surface area contributed by atoms with Crippen LogP contribution in [-0.4, -0.2) is 33.5 Å². The van der Waals surface area contributed by atoms with Crippen molar-refractivity contribution in [3.63, 3.8) is 0 Å². The van der Waals surface area contributed by atoms with Gasteiger partial charge >= 0.3 is 6.03 Å². The number of thioether (sulfide) groups is 1. The molecule has 2 heterocycles. The number of carbonyl (C=O) groups excluding carboxylic acids is 1. The second-order valence-electron chi connectivity index (χ2n) is 5.29. The van der Waals surface area contributed by atoms with Crippen LogP contribution in [0.15, 0.2) is 0 Å². The summed E-state index contributed by atoms with van der Waals surface area (Å²) in [6, 6.07) is 0.297. The number of hydrogen-bond donors (Lipinski definition) is 2. The van der Waals surface area contributed by atoms with E-state index in [2.05, 4.69) is 17.6 Å². The normalized spacial score (nSPS) is 35.3. The minimum atomic E-state index is -0.0352. The van der Waals surface area contributed by atoms with Crippen LogP contribution in [0.4, 0.5) is 4.79 Å².